The van der Waals surface area contributed by atoms with Crippen molar-refractivity contribution in [2.75, 3.05) is 0 Å². The number of benzene rings is 1. The summed E-state index contributed by atoms with van der Waals surface area (Å²) in [5, 5.41) is 2.12. The first-order valence-corrected chi connectivity index (χ1v) is 7.13. The number of aryl methyl sites for hydroxylation is 1. The first-order valence-electron chi connectivity index (χ1n) is 7.13. The Labute approximate surface area is 122 Å². The Balaban J connectivity index is 2.30. The molecule has 0 aliphatic carbocycles. The van der Waals surface area contributed by atoms with E-state index < -0.39 is 0 Å². The summed E-state index contributed by atoms with van der Waals surface area (Å²) in [6.07, 6.45) is 5.32. The summed E-state index contributed by atoms with van der Waals surface area (Å²) < 4.78 is 0. The highest BCUT2D eigenvalue weighted by atomic mass is 16.1. The van der Waals surface area contributed by atoms with Crippen LogP contribution in [-0.2, 0) is 6.42 Å². The average molecular weight is 279 g/mol. The van der Waals surface area contributed by atoms with E-state index in [0.29, 0.717) is 5.56 Å². The minimum absolute atomic E-state index is 0.0728. The zero-order chi connectivity index (χ0) is 14.8. The van der Waals surface area contributed by atoms with Crippen LogP contribution in [0.2, 0.25) is 0 Å². The Morgan fingerprint density at radius 1 is 1.19 bits per heavy atom. The summed E-state index contributed by atoms with van der Waals surface area (Å²) >= 11 is 0. The maximum Gasteiger partial charge on any atom is 0.254 e. The predicted molar refractivity (Wildman–Crippen MR) is 84.3 cm³/mol. The second-order valence-corrected chi connectivity index (χ2v) is 5.14. The standard InChI is InChI=1S/C17H17N3O/c1-3-6-15-19-16(11(2)17(21)20-15)14-10-18-9-12-7-4-5-8-13(12)14/h4-5,7-10H,3,6H2,1-2H3,(H,19,20,21). The molecule has 0 atom stereocenters. The number of pyridine rings is 1. The molecule has 21 heavy (non-hydrogen) atoms. The zero-order valence-corrected chi connectivity index (χ0v) is 12.2. The number of aromatic nitrogens is 3. The molecule has 0 saturated carbocycles. The van der Waals surface area contributed by atoms with Crippen LogP contribution >= 0.6 is 0 Å². The van der Waals surface area contributed by atoms with Crippen molar-refractivity contribution in [2.24, 2.45) is 0 Å². The lowest BCUT2D eigenvalue weighted by Gasteiger charge is -2.09. The number of rotatable bonds is 3. The fourth-order valence-corrected chi connectivity index (χ4v) is 2.50. The Kier molecular flexibility index (Phi) is 3.52. The van der Waals surface area contributed by atoms with Gasteiger partial charge in [-0.15, -0.1) is 0 Å². The summed E-state index contributed by atoms with van der Waals surface area (Å²) in [7, 11) is 0. The van der Waals surface area contributed by atoms with Gasteiger partial charge < -0.3 is 4.98 Å². The molecule has 2 aromatic heterocycles. The van der Waals surface area contributed by atoms with Gasteiger partial charge in [-0.25, -0.2) is 4.98 Å². The number of hydrogen-bond donors (Lipinski definition) is 1. The lowest BCUT2D eigenvalue weighted by Crippen LogP contribution is -2.16. The van der Waals surface area contributed by atoms with E-state index in [1.807, 2.05) is 30.5 Å². The van der Waals surface area contributed by atoms with Crippen molar-refractivity contribution in [3.63, 3.8) is 0 Å². The van der Waals surface area contributed by atoms with Gasteiger partial charge in [-0.05, 0) is 18.7 Å². The molecule has 0 unspecified atom stereocenters. The SMILES string of the molecule is CCCc1nc(-c2cncc3ccccc23)c(C)c(=O)[nH]1. The minimum Gasteiger partial charge on any atom is -0.310 e. The van der Waals surface area contributed by atoms with Crippen LogP contribution < -0.4 is 5.56 Å². The summed E-state index contributed by atoms with van der Waals surface area (Å²) in [4.78, 5) is 23.9. The van der Waals surface area contributed by atoms with Gasteiger partial charge in [0.1, 0.15) is 5.82 Å². The molecule has 0 bridgehead atoms. The molecule has 0 saturated heterocycles. The van der Waals surface area contributed by atoms with Crippen molar-refractivity contribution >= 4 is 10.8 Å². The highest BCUT2D eigenvalue weighted by Gasteiger charge is 2.12. The molecule has 2 heterocycles. The van der Waals surface area contributed by atoms with Crippen LogP contribution in [0.4, 0.5) is 0 Å². The number of nitrogens with zero attached hydrogens (tertiary/aromatic N) is 2. The molecule has 0 fully saturated rings. The van der Waals surface area contributed by atoms with Crippen LogP contribution in [-0.4, -0.2) is 15.0 Å². The van der Waals surface area contributed by atoms with Crippen LogP contribution in [0.3, 0.4) is 0 Å². The van der Waals surface area contributed by atoms with E-state index in [9.17, 15) is 4.79 Å². The van der Waals surface area contributed by atoms with Gasteiger partial charge in [0.25, 0.3) is 5.56 Å². The quantitative estimate of drug-likeness (QED) is 0.800. The van der Waals surface area contributed by atoms with Gasteiger partial charge in [-0.2, -0.15) is 0 Å². The molecule has 1 N–H and O–H groups in total. The predicted octanol–water partition coefficient (Wildman–Crippen LogP) is 3.25. The van der Waals surface area contributed by atoms with Crippen LogP contribution in [0.1, 0.15) is 24.7 Å². The van der Waals surface area contributed by atoms with Gasteiger partial charge >= 0.3 is 0 Å². The van der Waals surface area contributed by atoms with E-state index in [4.69, 9.17) is 0 Å². The van der Waals surface area contributed by atoms with Gasteiger partial charge in [0, 0.05) is 35.3 Å². The van der Waals surface area contributed by atoms with Gasteiger partial charge in [-0.1, -0.05) is 31.2 Å². The topological polar surface area (TPSA) is 58.6 Å². The first-order chi connectivity index (χ1) is 10.2. The van der Waals surface area contributed by atoms with Gasteiger partial charge in [0.15, 0.2) is 0 Å². The van der Waals surface area contributed by atoms with Crippen molar-refractivity contribution in [3.8, 4) is 11.3 Å². The Morgan fingerprint density at radius 3 is 2.81 bits per heavy atom. The molecule has 0 radical (unpaired) electrons. The maximum atomic E-state index is 12.1. The highest BCUT2D eigenvalue weighted by molar-refractivity contribution is 5.95. The molecule has 106 valence electrons. The summed E-state index contributed by atoms with van der Waals surface area (Å²) in [5.74, 6) is 0.732. The first kappa shape index (κ1) is 13.5. The Bertz CT molecular complexity index is 847. The molecule has 0 amide bonds. The van der Waals surface area contributed by atoms with Crippen LogP contribution in [0.25, 0.3) is 22.0 Å². The fraction of sp³-hybridized carbons (Fsp3) is 0.235. The van der Waals surface area contributed by atoms with E-state index in [0.717, 1.165) is 40.7 Å². The molecule has 1 aromatic carbocycles. The van der Waals surface area contributed by atoms with Crippen molar-refractivity contribution in [2.45, 2.75) is 26.7 Å². The zero-order valence-electron chi connectivity index (χ0n) is 12.2. The van der Waals surface area contributed by atoms with E-state index in [-0.39, 0.29) is 5.56 Å². The number of aromatic amines is 1. The van der Waals surface area contributed by atoms with E-state index in [2.05, 4.69) is 21.9 Å². The van der Waals surface area contributed by atoms with Gasteiger partial charge in [-0.3, -0.25) is 9.78 Å². The van der Waals surface area contributed by atoms with E-state index in [1.165, 1.54) is 0 Å². The number of H-pyrrole nitrogens is 1. The second kappa shape index (κ2) is 5.48. The Morgan fingerprint density at radius 2 is 2.00 bits per heavy atom. The second-order valence-electron chi connectivity index (χ2n) is 5.14. The van der Waals surface area contributed by atoms with Crippen molar-refractivity contribution < 1.29 is 0 Å². The van der Waals surface area contributed by atoms with Gasteiger partial charge in [0.05, 0.1) is 5.69 Å². The average Bonchev–Trinajstić information content (AvgIpc) is 2.50. The third kappa shape index (κ3) is 2.44. The molecular formula is C17H17N3O. The maximum absolute atomic E-state index is 12.1. The smallest absolute Gasteiger partial charge is 0.254 e. The molecule has 3 aromatic rings. The van der Waals surface area contributed by atoms with E-state index >= 15 is 0 Å². The molecule has 0 aliphatic heterocycles. The van der Waals surface area contributed by atoms with Crippen molar-refractivity contribution in [1.29, 1.82) is 0 Å². The molecular weight excluding hydrogens is 262 g/mol. The van der Waals surface area contributed by atoms with Crippen molar-refractivity contribution in [1.82, 2.24) is 15.0 Å². The van der Waals surface area contributed by atoms with E-state index in [1.54, 1.807) is 13.1 Å². The number of hydrogen-bond acceptors (Lipinski definition) is 3. The summed E-state index contributed by atoms with van der Waals surface area (Å²) in [5.41, 5.74) is 2.20. The lowest BCUT2D eigenvalue weighted by atomic mass is 10.0. The molecule has 3 rings (SSSR count). The molecule has 0 aliphatic rings. The third-order valence-electron chi connectivity index (χ3n) is 3.61. The Hall–Kier alpha value is -2.49. The van der Waals surface area contributed by atoms with Gasteiger partial charge in [0.2, 0.25) is 0 Å². The van der Waals surface area contributed by atoms with Crippen LogP contribution in [0.15, 0.2) is 41.5 Å². The largest absolute Gasteiger partial charge is 0.310 e. The molecule has 0 spiro atoms. The number of fused-ring (bicyclic) bond motifs is 1. The minimum atomic E-state index is -0.0728. The summed E-state index contributed by atoms with van der Waals surface area (Å²) in [6.45, 7) is 3.87. The van der Waals surface area contributed by atoms with Crippen LogP contribution in [0.5, 0.6) is 0 Å². The molecule has 4 heteroatoms. The van der Waals surface area contributed by atoms with Crippen LogP contribution in [0, 0.1) is 6.92 Å². The summed E-state index contributed by atoms with van der Waals surface area (Å²) in [6, 6.07) is 8.02. The number of nitrogens with one attached hydrogen (secondary N) is 1. The monoisotopic (exact) mass is 279 g/mol. The third-order valence-corrected chi connectivity index (χ3v) is 3.61. The fourth-order valence-electron chi connectivity index (χ4n) is 2.50. The normalized spacial score (nSPS) is 11.0. The molecule has 4 nitrogen and oxygen atoms in total. The lowest BCUT2D eigenvalue weighted by molar-refractivity contribution is 0.823. The van der Waals surface area contributed by atoms with Crippen molar-refractivity contribution in [3.05, 3.63) is 58.4 Å². The highest BCUT2D eigenvalue weighted by Crippen LogP contribution is 2.27.